The second-order valence-electron chi connectivity index (χ2n) is 5.27. The number of nitrogens with zero attached hydrogens (tertiary/aromatic N) is 2. The first kappa shape index (κ1) is 15.5. The Morgan fingerprint density at radius 2 is 2.15 bits per heavy atom. The third-order valence-corrected chi connectivity index (χ3v) is 4.74. The molecule has 0 aliphatic carbocycles. The molecule has 0 aliphatic rings. The number of hydrogen-bond donors (Lipinski definition) is 1. The molecule has 0 fully saturated rings. The second kappa shape index (κ2) is 5.88. The van der Waals surface area contributed by atoms with Gasteiger partial charge in [-0.15, -0.1) is 0 Å². The maximum absolute atomic E-state index is 6.52. The van der Waals surface area contributed by atoms with Gasteiger partial charge in [0.25, 0.3) is 0 Å². The molecule has 2 rings (SSSR count). The maximum atomic E-state index is 6.52. The van der Waals surface area contributed by atoms with Crippen molar-refractivity contribution in [3.05, 3.63) is 50.7 Å². The van der Waals surface area contributed by atoms with Crippen LogP contribution in [0.25, 0.3) is 0 Å². The summed E-state index contributed by atoms with van der Waals surface area (Å²) in [5.41, 5.74) is 9.16. The molecule has 1 atom stereocenters. The number of aromatic nitrogens is 2. The summed E-state index contributed by atoms with van der Waals surface area (Å²) >= 11 is 9.68. The molecule has 1 aromatic carbocycles. The highest BCUT2D eigenvalue weighted by Gasteiger charge is 2.26. The SMILES string of the molecule is CCn1nc(C)c(Br)c1CC(C)(N)c1cccc(Cl)c1. The molecule has 0 bridgehead atoms. The van der Waals surface area contributed by atoms with E-state index in [-0.39, 0.29) is 0 Å². The maximum Gasteiger partial charge on any atom is 0.0738 e. The Morgan fingerprint density at radius 3 is 2.75 bits per heavy atom. The zero-order valence-electron chi connectivity index (χ0n) is 12.0. The van der Waals surface area contributed by atoms with Gasteiger partial charge < -0.3 is 5.73 Å². The molecule has 1 heterocycles. The van der Waals surface area contributed by atoms with Crippen LogP contribution in [-0.2, 0) is 18.5 Å². The minimum atomic E-state index is -0.493. The minimum absolute atomic E-state index is 0.493. The van der Waals surface area contributed by atoms with Crippen LogP contribution in [0.3, 0.4) is 0 Å². The van der Waals surface area contributed by atoms with Crippen LogP contribution in [-0.4, -0.2) is 9.78 Å². The number of nitrogens with two attached hydrogens (primary N) is 1. The minimum Gasteiger partial charge on any atom is -0.321 e. The van der Waals surface area contributed by atoms with E-state index in [1.54, 1.807) is 0 Å². The third-order valence-electron chi connectivity index (χ3n) is 3.47. The average Bonchev–Trinajstić information content (AvgIpc) is 2.66. The molecule has 20 heavy (non-hydrogen) atoms. The third kappa shape index (κ3) is 3.08. The molecule has 5 heteroatoms. The predicted octanol–water partition coefficient (Wildman–Crippen LogP) is 4.04. The molecule has 0 amide bonds. The molecule has 0 aliphatic heterocycles. The van der Waals surface area contributed by atoms with E-state index >= 15 is 0 Å². The Kier molecular flexibility index (Phi) is 4.57. The van der Waals surface area contributed by atoms with Crippen LogP contribution in [0, 0.1) is 6.92 Å². The molecule has 0 spiro atoms. The quantitative estimate of drug-likeness (QED) is 0.898. The van der Waals surface area contributed by atoms with Crippen LogP contribution in [0.4, 0.5) is 0 Å². The lowest BCUT2D eigenvalue weighted by Crippen LogP contribution is -2.36. The van der Waals surface area contributed by atoms with Gasteiger partial charge in [0.1, 0.15) is 0 Å². The van der Waals surface area contributed by atoms with Crippen LogP contribution in [0.15, 0.2) is 28.7 Å². The standard InChI is InChI=1S/C15H19BrClN3/c1-4-20-13(14(16)10(2)19-20)9-15(3,18)11-6-5-7-12(17)8-11/h5-8H,4,9,18H2,1-3H3. The molecule has 0 saturated heterocycles. The van der Waals surface area contributed by atoms with Gasteiger partial charge in [-0.1, -0.05) is 23.7 Å². The summed E-state index contributed by atoms with van der Waals surface area (Å²) in [4.78, 5) is 0. The molecule has 2 aromatic rings. The summed E-state index contributed by atoms with van der Waals surface area (Å²) in [6, 6.07) is 7.73. The Balaban J connectivity index is 2.37. The van der Waals surface area contributed by atoms with E-state index in [1.807, 2.05) is 42.8 Å². The molecule has 0 saturated carbocycles. The van der Waals surface area contributed by atoms with Gasteiger partial charge in [0.05, 0.1) is 15.9 Å². The fourth-order valence-corrected chi connectivity index (χ4v) is 2.95. The topological polar surface area (TPSA) is 43.8 Å². The lowest BCUT2D eigenvalue weighted by atomic mass is 9.88. The number of halogens is 2. The van der Waals surface area contributed by atoms with Crippen molar-refractivity contribution in [1.29, 1.82) is 0 Å². The van der Waals surface area contributed by atoms with E-state index in [1.165, 1.54) is 0 Å². The highest BCUT2D eigenvalue weighted by molar-refractivity contribution is 9.10. The smallest absolute Gasteiger partial charge is 0.0738 e. The highest BCUT2D eigenvalue weighted by atomic mass is 79.9. The van der Waals surface area contributed by atoms with Gasteiger partial charge in [0.15, 0.2) is 0 Å². The Labute approximate surface area is 133 Å². The van der Waals surface area contributed by atoms with Crippen LogP contribution in [0.1, 0.15) is 30.8 Å². The first-order valence-electron chi connectivity index (χ1n) is 6.62. The van der Waals surface area contributed by atoms with Crippen molar-refractivity contribution in [3.8, 4) is 0 Å². The molecule has 108 valence electrons. The van der Waals surface area contributed by atoms with E-state index in [0.29, 0.717) is 11.4 Å². The normalized spacial score (nSPS) is 14.3. The predicted molar refractivity (Wildman–Crippen MR) is 87.0 cm³/mol. The number of aryl methyl sites for hydroxylation is 2. The molecule has 3 nitrogen and oxygen atoms in total. The monoisotopic (exact) mass is 355 g/mol. The van der Waals surface area contributed by atoms with Crippen LogP contribution >= 0.6 is 27.5 Å². The molecule has 1 unspecified atom stereocenters. The fraction of sp³-hybridized carbons (Fsp3) is 0.400. The van der Waals surface area contributed by atoms with Crippen LogP contribution < -0.4 is 5.73 Å². The molecular formula is C15H19BrClN3. The molecule has 1 aromatic heterocycles. The van der Waals surface area contributed by atoms with Gasteiger partial charge in [-0.25, -0.2) is 0 Å². The van der Waals surface area contributed by atoms with Crippen molar-refractivity contribution in [2.75, 3.05) is 0 Å². The van der Waals surface area contributed by atoms with Gasteiger partial charge in [-0.05, 0) is 54.4 Å². The van der Waals surface area contributed by atoms with E-state index in [2.05, 4.69) is 28.0 Å². The molecule has 0 radical (unpaired) electrons. The fourth-order valence-electron chi connectivity index (χ4n) is 2.33. The Hall–Kier alpha value is -0.840. The number of rotatable bonds is 4. The zero-order chi connectivity index (χ0) is 14.9. The van der Waals surface area contributed by atoms with Crippen molar-refractivity contribution in [3.63, 3.8) is 0 Å². The van der Waals surface area contributed by atoms with Gasteiger partial charge >= 0.3 is 0 Å². The summed E-state index contributed by atoms with van der Waals surface area (Å²) in [5, 5.41) is 5.22. The van der Waals surface area contributed by atoms with Gasteiger partial charge in [0, 0.05) is 23.5 Å². The summed E-state index contributed by atoms with van der Waals surface area (Å²) in [6.45, 7) is 6.92. The molecule has 2 N–H and O–H groups in total. The van der Waals surface area contributed by atoms with Gasteiger partial charge in [0.2, 0.25) is 0 Å². The van der Waals surface area contributed by atoms with Crippen molar-refractivity contribution < 1.29 is 0 Å². The Bertz CT molecular complexity index is 620. The van der Waals surface area contributed by atoms with Crippen molar-refractivity contribution in [1.82, 2.24) is 9.78 Å². The Morgan fingerprint density at radius 1 is 1.45 bits per heavy atom. The number of benzene rings is 1. The van der Waals surface area contributed by atoms with Crippen LogP contribution in [0.5, 0.6) is 0 Å². The summed E-state index contributed by atoms with van der Waals surface area (Å²) in [7, 11) is 0. The first-order chi connectivity index (χ1) is 9.35. The van der Waals surface area contributed by atoms with Crippen molar-refractivity contribution in [2.24, 2.45) is 5.73 Å². The molecular weight excluding hydrogens is 338 g/mol. The van der Waals surface area contributed by atoms with E-state index in [4.69, 9.17) is 17.3 Å². The van der Waals surface area contributed by atoms with Gasteiger partial charge in [-0.2, -0.15) is 5.10 Å². The van der Waals surface area contributed by atoms with Crippen molar-refractivity contribution in [2.45, 2.75) is 39.3 Å². The summed E-state index contributed by atoms with van der Waals surface area (Å²) in [5.74, 6) is 0. The van der Waals surface area contributed by atoms with E-state index in [9.17, 15) is 0 Å². The van der Waals surface area contributed by atoms with Gasteiger partial charge in [-0.3, -0.25) is 4.68 Å². The second-order valence-corrected chi connectivity index (χ2v) is 6.50. The lowest BCUT2D eigenvalue weighted by molar-refractivity contribution is 0.463. The van der Waals surface area contributed by atoms with Crippen molar-refractivity contribution >= 4 is 27.5 Å². The summed E-state index contributed by atoms with van der Waals surface area (Å²) in [6.07, 6.45) is 0.697. The lowest BCUT2D eigenvalue weighted by Gasteiger charge is -2.26. The zero-order valence-corrected chi connectivity index (χ0v) is 14.3. The first-order valence-corrected chi connectivity index (χ1v) is 7.79. The van der Waals surface area contributed by atoms with E-state index in [0.717, 1.165) is 28.0 Å². The van der Waals surface area contributed by atoms with E-state index < -0.39 is 5.54 Å². The number of hydrogen-bond acceptors (Lipinski definition) is 2. The highest BCUT2D eigenvalue weighted by Crippen LogP contribution is 2.29. The average molecular weight is 357 g/mol. The largest absolute Gasteiger partial charge is 0.321 e. The van der Waals surface area contributed by atoms with Crippen LogP contribution in [0.2, 0.25) is 5.02 Å². The summed E-state index contributed by atoms with van der Waals surface area (Å²) < 4.78 is 3.03.